The van der Waals surface area contributed by atoms with Gasteiger partial charge in [-0.2, -0.15) is 0 Å². The average Bonchev–Trinajstić information content (AvgIpc) is 3.13. The Bertz CT molecular complexity index is 1300. The minimum absolute atomic E-state index is 0.0907. The van der Waals surface area contributed by atoms with Crippen molar-refractivity contribution < 1.29 is 38.7 Å². The van der Waals surface area contributed by atoms with E-state index in [1.807, 2.05) is 0 Å². The maximum Gasteiger partial charge on any atom is 0.355 e. The number of hydrogen-bond acceptors (Lipinski definition) is 11. The summed E-state index contributed by atoms with van der Waals surface area (Å²) in [7, 11) is 2.20. The molecule has 11 nitrogen and oxygen atoms in total. The van der Waals surface area contributed by atoms with E-state index in [1.54, 1.807) is 13.8 Å². The maximum absolute atomic E-state index is 14.1. The lowest BCUT2D eigenvalue weighted by Crippen LogP contribution is -2.61. The van der Waals surface area contributed by atoms with Gasteiger partial charge in [0.05, 0.1) is 34.8 Å². The first-order chi connectivity index (χ1) is 16.5. The number of allylic oxidation sites excluding steroid dienone is 2. The molecule has 2 aliphatic heterocycles. The summed E-state index contributed by atoms with van der Waals surface area (Å²) >= 11 is 4.20. The highest BCUT2D eigenvalue weighted by molar-refractivity contribution is 9.10. The molecule has 0 saturated heterocycles. The zero-order valence-corrected chi connectivity index (χ0v) is 21.3. The van der Waals surface area contributed by atoms with Crippen LogP contribution in [0.15, 0.2) is 32.4 Å². The number of nitro benzene ring substituents is 1. The zero-order chi connectivity index (χ0) is 26.0. The molecule has 1 aromatic carbocycles. The third-order valence-corrected chi connectivity index (χ3v) is 8.84. The van der Waals surface area contributed by atoms with Gasteiger partial charge in [0.2, 0.25) is 0 Å². The van der Waals surface area contributed by atoms with Crippen LogP contribution in [-0.4, -0.2) is 58.5 Å². The second kappa shape index (κ2) is 8.48. The number of esters is 2. The first-order valence-corrected chi connectivity index (χ1v) is 11.9. The Labute approximate surface area is 211 Å². The molecular formula is C22H19BrN2O9S. The normalized spacial score (nSPS) is 25.1. The molecule has 2 heterocycles. The predicted molar refractivity (Wildman–Crippen MR) is 125 cm³/mol. The van der Waals surface area contributed by atoms with Crippen LogP contribution in [0.3, 0.4) is 0 Å². The summed E-state index contributed by atoms with van der Waals surface area (Å²) in [5.74, 6) is -4.61. The van der Waals surface area contributed by atoms with Gasteiger partial charge in [0.1, 0.15) is 28.5 Å². The Balaban J connectivity index is 2.16. The van der Waals surface area contributed by atoms with Crippen LogP contribution in [0.1, 0.15) is 29.8 Å². The van der Waals surface area contributed by atoms with Crippen LogP contribution in [0.5, 0.6) is 5.75 Å². The smallest absolute Gasteiger partial charge is 0.355 e. The lowest BCUT2D eigenvalue weighted by Gasteiger charge is -2.50. The molecule has 0 amide bonds. The van der Waals surface area contributed by atoms with Gasteiger partial charge < -0.3 is 24.3 Å². The highest BCUT2D eigenvalue weighted by Gasteiger charge is 2.66. The van der Waals surface area contributed by atoms with Gasteiger partial charge in [-0.05, 0) is 36.2 Å². The van der Waals surface area contributed by atoms with Crippen LogP contribution < -0.4 is 0 Å². The number of benzene rings is 1. The Morgan fingerprint density at radius 3 is 2.49 bits per heavy atom. The second-order valence-electron chi connectivity index (χ2n) is 8.20. The highest BCUT2D eigenvalue weighted by Crippen LogP contribution is 2.61. The van der Waals surface area contributed by atoms with Crippen LogP contribution in [0, 0.1) is 21.4 Å². The highest BCUT2D eigenvalue weighted by atomic mass is 79.9. The second-order valence-corrected chi connectivity index (χ2v) is 10.3. The molecule has 35 heavy (non-hydrogen) atoms. The first kappa shape index (κ1) is 24.9. The summed E-state index contributed by atoms with van der Waals surface area (Å²) in [5.41, 5.74) is -2.96. The molecule has 4 rings (SSSR count). The fraction of sp³-hybridized carbons (Fsp3) is 0.364. The Kier molecular flexibility index (Phi) is 6.04. The van der Waals surface area contributed by atoms with E-state index in [0.29, 0.717) is 16.9 Å². The maximum atomic E-state index is 14.1. The van der Waals surface area contributed by atoms with Crippen molar-refractivity contribution in [2.75, 3.05) is 14.2 Å². The first-order valence-electron chi connectivity index (χ1n) is 10.2. The summed E-state index contributed by atoms with van der Waals surface area (Å²) in [6.45, 7) is 3.40. The number of halogens is 1. The lowest BCUT2D eigenvalue weighted by molar-refractivity contribution is -0.385. The summed E-state index contributed by atoms with van der Waals surface area (Å²) in [5, 5.41) is 21.6. The average molecular weight is 567 g/mol. The number of ether oxygens (including phenoxy) is 2. The van der Waals surface area contributed by atoms with Crippen molar-refractivity contribution in [3.8, 4) is 5.75 Å². The number of fused-ring (bicyclic) bond motifs is 4. The summed E-state index contributed by atoms with van der Waals surface area (Å²) in [4.78, 5) is 66.3. The van der Waals surface area contributed by atoms with E-state index in [2.05, 4.69) is 15.9 Å². The monoisotopic (exact) mass is 566 g/mol. The number of thioether (sulfide) groups is 1. The number of methoxy groups -OCH3 is 2. The number of ketones is 1. The van der Waals surface area contributed by atoms with Crippen LogP contribution >= 0.6 is 27.7 Å². The molecule has 1 aliphatic carbocycles. The number of aldehydes is 1. The van der Waals surface area contributed by atoms with Crippen LogP contribution in [-0.2, 0) is 30.3 Å². The van der Waals surface area contributed by atoms with E-state index < -0.39 is 50.8 Å². The molecule has 13 heteroatoms. The number of carbonyl (C=O) groups is 4. The van der Waals surface area contributed by atoms with Crippen molar-refractivity contribution in [2.24, 2.45) is 11.3 Å². The number of Topliss-reactive ketones (excluding diaryl/α,β-unsaturated/α-hetero) is 1. The SMILES string of the molecule is COC(=O)C1=C(C(=O)OC)N2C(C)=C(C)SC2C2(C=O)C(=O)c3c(O)c(Br)cc([N+](=O)[O-])c3C[C@H]12. The molecule has 3 atom stereocenters. The minimum Gasteiger partial charge on any atom is -0.506 e. The summed E-state index contributed by atoms with van der Waals surface area (Å²) < 4.78 is 9.78. The fourth-order valence-corrected chi connectivity index (χ4v) is 6.95. The number of carbonyl (C=O) groups excluding carboxylic acids is 4. The van der Waals surface area contributed by atoms with Gasteiger partial charge in [-0.15, -0.1) is 11.8 Å². The number of nitro groups is 1. The third-order valence-electron chi connectivity index (χ3n) is 6.77. The lowest BCUT2D eigenvalue weighted by atomic mass is 9.59. The summed E-state index contributed by atoms with van der Waals surface area (Å²) in [6, 6.07) is 1.05. The molecule has 0 fully saturated rings. The summed E-state index contributed by atoms with van der Waals surface area (Å²) in [6.07, 6.45) is 0.0492. The molecule has 1 aromatic rings. The fourth-order valence-electron chi connectivity index (χ4n) is 5.04. The minimum atomic E-state index is -1.98. The van der Waals surface area contributed by atoms with Gasteiger partial charge in [0.25, 0.3) is 5.69 Å². The number of rotatable bonds is 4. The van der Waals surface area contributed by atoms with Crippen molar-refractivity contribution in [1.82, 2.24) is 4.90 Å². The molecule has 0 spiro atoms. The zero-order valence-electron chi connectivity index (χ0n) is 18.9. The molecule has 2 unspecified atom stereocenters. The van der Waals surface area contributed by atoms with Crippen molar-refractivity contribution in [2.45, 2.75) is 25.6 Å². The van der Waals surface area contributed by atoms with Gasteiger partial charge in [-0.1, -0.05) is 0 Å². The number of hydrogen-bond donors (Lipinski definition) is 1. The van der Waals surface area contributed by atoms with Gasteiger partial charge >= 0.3 is 11.9 Å². The van der Waals surface area contributed by atoms with Crippen molar-refractivity contribution in [1.29, 1.82) is 0 Å². The van der Waals surface area contributed by atoms with Gasteiger partial charge in [-0.25, -0.2) is 9.59 Å². The van der Waals surface area contributed by atoms with E-state index >= 15 is 0 Å². The van der Waals surface area contributed by atoms with Gasteiger partial charge in [0.15, 0.2) is 5.78 Å². The quantitative estimate of drug-likeness (QED) is 0.188. The van der Waals surface area contributed by atoms with Crippen molar-refractivity contribution in [3.05, 3.63) is 53.7 Å². The van der Waals surface area contributed by atoms with E-state index in [9.17, 15) is 34.4 Å². The van der Waals surface area contributed by atoms with Crippen LogP contribution in [0.2, 0.25) is 0 Å². The van der Waals surface area contributed by atoms with E-state index in [0.717, 1.165) is 32.0 Å². The van der Waals surface area contributed by atoms with E-state index in [-0.39, 0.29) is 33.3 Å². The Morgan fingerprint density at radius 1 is 1.31 bits per heavy atom. The predicted octanol–water partition coefficient (Wildman–Crippen LogP) is 2.84. The Hall–Kier alpha value is -3.19. The van der Waals surface area contributed by atoms with Crippen molar-refractivity contribution >= 4 is 57.4 Å². The molecule has 0 aromatic heterocycles. The van der Waals surface area contributed by atoms with E-state index in [1.165, 1.54) is 4.90 Å². The van der Waals surface area contributed by atoms with Gasteiger partial charge in [0, 0.05) is 28.1 Å². The van der Waals surface area contributed by atoms with E-state index in [4.69, 9.17) is 9.47 Å². The topological polar surface area (TPSA) is 153 Å². The number of aromatic hydroxyl groups is 1. The standard InChI is InChI=1S/C22H19BrN2O9S/c1-8-9(2)35-21-22(7-26)11(15(19(29)33-3)16(24(8)21)20(30)34-4)5-10-13(25(31)32)6-12(23)17(27)14(10)18(22)28/h6-7,11,21,27H,5H2,1-4H3/t11-,21?,22?/m1/s1. The molecule has 1 N–H and O–H groups in total. The van der Waals surface area contributed by atoms with Gasteiger partial charge in [-0.3, -0.25) is 14.9 Å². The van der Waals surface area contributed by atoms with Crippen LogP contribution in [0.4, 0.5) is 5.69 Å². The van der Waals surface area contributed by atoms with Crippen LogP contribution in [0.25, 0.3) is 0 Å². The number of phenolic OH excluding ortho intramolecular Hbond substituents is 1. The molecule has 0 bridgehead atoms. The largest absolute Gasteiger partial charge is 0.506 e. The molecule has 0 radical (unpaired) electrons. The number of phenols is 1. The number of nitrogens with zero attached hydrogens (tertiary/aromatic N) is 2. The third kappa shape index (κ3) is 3.17. The molecule has 0 saturated carbocycles. The molecular weight excluding hydrogens is 548 g/mol. The van der Waals surface area contributed by atoms with Crippen molar-refractivity contribution in [3.63, 3.8) is 0 Å². The Morgan fingerprint density at radius 2 is 1.94 bits per heavy atom. The molecule has 3 aliphatic rings. The molecule has 184 valence electrons.